The van der Waals surface area contributed by atoms with Crippen molar-refractivity contribution in [2.45, 2.75) is 6.61 Å². The highest BCUT2D eigenvalue weighted by molar-refractivity contribution is 6.30. The fourth-order valence-electron chi connectivity index (χ4n) is 1.91. The van der Waals surface area contributed by atoms with Crippen LogP contribution in [0.1, 0.15) is 16.2 Å². The van der Waals surface area contributed by atoms with Gasteiger partial charge < -0.3 is 9.84 Å². The number of rotatable bonds is 4. The number of carboxylic acids is 1. The summed E-state index contributed by atoms with van der Waals surface area (Å²) in [7, 11) is 0. The van der Waals surface area contributed by atoms with Gasteiger partial charge in [0.15, 0.2) is 11.5 Å². The van der Waals surface area contributed by atoms with Crippen molar-refractivity contribution in [2.75, 3.05) is 0 Å². The molecular weight excluding hydrogens is 294 g/mol. The highest BCUT2D eigenvalue weighted by Gasteiger charge is 2.13. The second-order valence-electron chi connectivity index (χ2n) is 4.28. The van der Waals surface area contributed by atoms with Gasteiger partial charge >= 0.3 is 5.97 Å². The summed E-state index contributed by atoms with van der Waals surface area (Å²) in [6, 6.07) is 10.0. The molecule has 2 heterocycles. The summed E-state index contributed by atoms with van der Waals surface area (Å²) in [5.74, 6) is 0.117. The molecule has 0 bridgehead atoms. The van der Waals surface area contributed by atoms with Crippen molar-refractivity contribution in [3.8, 4) is 5.75 Å². The Morgan fingerprint density at radius 2 is 2.00 bits per heavy atom. The largest absolute Gasteiger partial charge is 0.486 e. The first kappa shape index (κ1) is 13.4. The normalized spacial score (nSPS) is 10.7. The predicted molar refractivity (Wildman–Crippen MR) is 75.7 cm³/mol. The van der Waals surface area contributed by atoms with E-state index in [2.05, 4.69) is 10.2 Å². The molecule has 0 aliphatic rings. The van der Waals surface area contributed by atoms with Crippen LogP contribution in [0.3, 0.4) is 0 Å². The van der Waals surface area contributed by atoms with E-state index in [0.29, 0.717) is 22.2 Å². The number of hydrogen-bond donors (Lipinski definition) is 1. The molecule has 0 radical (unpaired) electrons. The molecule has 0 atom stereocenters. The Balaban J connectivity index is 1.86. The Morgan fingerprint density at radius 1 is 1.24 bits per heavy atom. The molecule has 0 aliphatic carbocycles. The highest BCUT2D eigenvalue weighted by Crippen LogP contribution is 2.17. The molecule has 1 N–H and O–H groups in total. The van der Waals surface area contributed by atoms with E-state index in [1.807, 2.05) is 0 Å². The van der Waals surface area contributed by atoms with Crippen molar-refractivity contribution in [2.24, 2.45) is 0 Å². The molecule has 2 aromatic heterocycles. The lowest BCUT2D eigenvalue weighted by atomic mass is 10.3. The number of halogens is 1. The summed E-state index contributed by atoms with van der Waals surface area (Å²) >= 11 is 5.80. The molecule has 0 fully saturated rings. The van der Waals surface area contributed by atoms with Gasteiger partial charge in [0.1, 0.15) is 17.9 Å². The van der Waals surface area contributed by atoms with Crippen molar-refractivity contribution >= 4 is 23.2 Å². The number of pyridine rings is 1. The molecule has 0 saturated heterocycles. The van der Waals surface area contributed by atoms with Gasteiger partial charge in [-0.1, -0.05) is 11.6 Å². The summed E-state index contributed by atoms with van der Waals surface area (Å²) in [4.78, 5) is 11.1. The molecule has 3 aromatic rings. The molecule has 7 heteroatoms. The molecular formula is C14H10ClN3O3. The SMILES string of the molecule is O=C(O)c1cccn2c(COc3ccc(Cl)cc3)nnc12. The van der Waals surface area contributed by atoms with E-state index < -0.39 is 5.97 Å². The lowest BCUT2D eigenvalue weighted by molar-refractivity contribution is 0.0698. The van der Waals surface area contributed by atoms with E-state index in [-0.39, 0.29) is 12.2 Å². The minimum atomic E-state index is -1.04. The van der Waals surface area contributed by atoms with Crippen LogP contribution in [0.25, 0.3) is 5.65 Å². The van der Waals surface area contributed by atoms with Crippen LogP contribution in [-0.4, -0.2) is 25.7 Å². The lowest BCUT2D eigenvalue weighted by Crippen LogP contribution is -2.04. The zero-order chi connectivity index (χ0) is 14.8. The smallest absolute Gasteiger partial charge is 0.339 e. The Morgan fingerprint density at radius 3 is 2.71 bits per heavy atom. The second-order valence-corrected chi connectivity index (χ2v) is 4.72. The maximum absolute atomic E-state index is 11.1. The van der Waals surface area contributed by atoms with Crippen LogP contribution in [0, 0.1) is 0 Å². The van der Waals surface area contributed by atoms with E-state index in [1.165, 1.54) is 6.07 Å². The monoisotopic (exact) mass is 303 g/mol. The van der Waals surface area contributed by atoms with Gasteiger partial charge in [0.25, 0.3) is 0 Å². The van der Waals surface area contributed by atoms with Crippen molar-refractivity contribution in [3.63, 3.8) is 0 Å². The Labute approximate surface area is 124 Å². The van der Waals surface area contributed by atoms with E-state index >= 15 is 0 Å². The minimum Gasteiger partial charge on any atom is -0.486 e. The van der Waals surface area contributed by atoms with Crippen molar-refractivity contribution < 1.29 is 14.6 Å². The molecule has 1 aromatic carbocycles. The number of benzene rings is 1. The second kappa shape index (κ2) is 5.41. The molecule has 0 aliphatic heterocycles. The number of aromatic carboxylic acids is 1. The quantitative estimate of drug-likeness (QED) is 0.802. The molecule has 3 rings (SSSR count). The number of carbonyl (C=O) groups is 1. The standard InChI is InChI=1S/C14H10ClN3O3/c15-9-3-5-10(6-4-9)21-8-12-16-17-13-11(14(19)20)2-1-7-18(12)13/h1-7H,8H2,(H,19,20). The van der Waals surface area contributed by atoms with Crippen LogP contribution >= 0.6 is 11.6 Å². The van der Waals surface area contributed by atoms with Gasteiger partial charge in [0, 0.05) is 11.2 Å². The molecule has 0 unspecified atom stereocenters. The number of aromatic nitrogens is 3. The predicted octanol–water partition coefficient (Wildman–Crippen LogP) is 2.66. The number of fused-ring (bicyclic) bond motifs is 1. The van der Waals surface area contributed by atoms with Crippen LogP contribution in [0.15, 0.2) is 42.6 Å². The van der Waals surface area contributed by atoms with Gasteiger partial charge in [0.2, 0.25) is 0 Å². The van der Waals surface area contributed by atoms with Gasteiger partial charge in [-0.05, 0) is 36.4 Å². The fourth-order valence-corrected chi connectivity index (χ4v) is 2.03. The maximum atomic E-state index is 11.1. The third kappa shape index (κ3) is 2.66. The molecule has 106 valence electrons. The number of hydrogen-bond acceptors (Lipinski definition) is 4. The van der Waals surface area contributed by atoms with Crippen LogP contribution in [0.4, 0.5) is 0 Å². The van der Waals surface area contributed by atoms with Crippen LogP contribution in [0.5, 0.6) is 5.75 Å². The summed E-state index contributed by atoms with van der Waals surface area (Å²) in [5.41, 5.74) is 0.391. The van der Waals surface area contributed by atoms with Crippen LogP contribution in [-0.2, 0) is 6.61 Å². The first-order chi connectivity index (χ1) is 10.1. The van der Waals surface area contributed by atoms with E-state index in [9.17, 15) is 4.79 Å². The number of ether oxygens (including phenoxy) is 1. The molecule has 21 heavy (non-hydrogen) atoms. The van der Waals surface area contributed by atoms with Crippen molar-refractivity contribution in [1.29, 1.82) is 0 Å². The summed E-state index contributed by atoms with van der Waals surface area (Å²) in [5, 5.41) is 17.6. The third-order valence-electron chi connectivity index (χ3n) is 2.92. The van der Waals surface area contributed by atoms with Gasteiger partial charge in [-0.25, -0.2) is 4.79 Å². The van der Waals surface area contributed by atoms with Gasteiger partial charge in [0.05, 0.1) is 0 Å². The number of nitrogens with zero attached hydrogens (tertiary/aromatic N) is 3. The minimum absolute atomic E-state index is 0.0998. The van der Waals surface area contributed by atoms with Crippen molar-refractivity contribution in [1.82, 2.24) is 14.6 Å². The van der Waals surface area contributed by atoms with E-state index in [1.54, 1.807) is 40.9 Å². The maximum Gasteiger partial charge on any atom is 0.339 e. The summed E-state index contributed by atoms with van der Waals surface area (Å²) in [6.07, 6.45) is 1.70. The zero-order valence-corrected chi connectivity index (χ0v) is 11.5. The fraction of sp³-hybridized carbons (Fsp3) is 0.0714. The third-order valence-corrected chi connectivity index (χ3v) is 3.17. The summed E-state index contributed by atoms with van der Waals surface area (Å²) < 4.78 is 7.18. The van der Waals surface area contributed by atoms with Gasteiger partial charge in [-0.2, -0.15) is 0 Å². The Kier molecular flexibility index (Phi) is 3.45. The van der Waals surface area contributed by atoms with Gasteiger partial charge in [-0.15, -0.1) is 10.2 Å². The van der Waals surface area contributed by atoms with E-state index in [4.69, 9.17) is 21.4 Å². The first-order valence-electron chi connectivity index (χ1n) is 6.09. The lowest BCUT2D eigenvalue weighted by Gasteiger charge is -2.05. The van der Waals surface area contributed by atoms with Gasteiger partial charge in [-0.3, -0.25) is 4.40 Å². The molecule has 0 saturated carbocycles. The first-order valence-corrected chi connectivity index (χ1v) is 6.47. The van der Waals surface area contributed by atoms with E-state index in [0.717, 1.165) is 0 Å². The van der Waals surface area contributed by atoms with Crippen molar-refractivity contribution in [3.05, 3.63) is 59.0 Å². The zero-order valence-electron chi connectivity index (χ0n) is 10.7. The van der Waals surface area contributed by atoms with Crippen LogP contribution in [0.2, 0.25) is 5.02 Å². The Hall–Kier alpha value is -2.60. The Bertz CT molecular complexity index is 799. The topological polar surface area (TPSA) is 76.7 Å². The summed E-state index contributed by atoms with van der Waals surface area (Å²) in [6.45, 7) is 0.172. The highest BCUT2D eigenvalue weighted by atomic mass is 35.5. The molecule has 0 amide bonds. The average Bonchev–Trinajstić information content (AvgIpc) is 2.89. The number of carboxylic acid groups (broad SMARTS) is 1. The molecule has 6 nitrogen and oxygen atoms in total. The van der Waals surface area contributed by atoms with Crippen LogP contribution < -0.4 is 4.74 Å². The average molecular weight is 304 g/mol. The molecule has 0 spiro atoms.